The van der Waals surface area contributed by atoms with E-state index in [1.165, 1.54) is 15.6 Å². The van der Waals surface area contributed by atoms with Crippen LogP contribution in [0.4, 0.5) is 0 Å². The van der Waals surface area contributed by atoms with Crippen LogP contribution in [0.5, 0.6) is 5.75 Å². The Morgan fingerprint density at radius 3 is 2.81 bits per heavy atom. The third-order valence-electron chi connectivity index (χ3n) is 3.20. The van der Waals surface area contributed by atoms with Crippen LogP contribution in [-0.4, -0.2) is 13.7 Å². The molecule has 1 aliphatic heterocycles. The summed E-state index contributed by atoms with van der Waals surface area (Å²) in [7, 11) is 1.75. The first-order valence-corrected chi connectivity index (χ1v) is 6.53. The van der Waals surface area contributed by atoms with Crippen LogP contribution in [0.15, 0.2) is 16.6 Å². The van der Waals surface area contributed by atoms with Gasteiger partial charge in [-0.25, -0.2) is 0 Å². The minimum atomic E-state index is 0.399. The largest absolute Gasteiger partial charge is 0.496 e. The van der Waals surface area contributed by atoms with Crippen LogP contribution >= 0.6 is 15.9 Å². The Morgan fingerprint density at radius 1 is 1.44 bits per heavy atom. The summed E-state index contributed by atoms with van der Waals surface area (Å²) in [5, 5.41) is 3.58. The molecule has 0 unspecified atom stereocenters. The molecule has 0 bridgehead atoms. The van der Waals surface area contributed by atoms with Crippen molar-refractivity contribution in [1.29, 1.82) is 0 Å². The summed E-state index contributed by atoms with van der Waals surface area (Å²) >= 11 is 3.64. The molecule has 0 aliphatic carbocycles. The quantitative estimate of drug-likeness (QED) is 0.899. The van der Waals surface area contributed by atoms with Gasteiger partial charge in [-0.2, -0.15) is 0 Å². The van der Waals surface area contributed by atoms with Gasteiger partial charge in [-0.3, -0.25) is 0 Å². The van der Waals surface area contributed by atoms with Crippen molar-refractivity contribution in [1.82, 2.24) is 5.32 Å². The van der Waals surface area contributed by atoms with Crippen molar-refractivity contribution in [3.63, 3.8) is 0 Å². The van der Waals surface area contributed by atoms with Crippen LogP contribution in [0.1, 0.15) is 31.0 Å². The topological polar surface area (TPSA) is 21.3 Å². The molecule has 2 rings (SSSR count). The van der Waals surface area contributed by atoms with E-state index < -0.39 is 0 Å². The minimum absolute atomic E-state index is 0.399. The fourth-order valence-electron chi connectivity index (χ4n) is 2.41. The highest BCUT2D eigenvalue weighted by molar-refractivity contribution is 9.10. The van der Waals surface area contributed by atoms with Crippen LogP contribution in [0.25, 0.3) is 0 Å². The van der Waals surface area contributed by atoms with Gasteiger partial charge in [-0.15, -0.1) is 0 Å². The summed E-state index contributed by atoms with van der Waals surface area (Å²) in [6.07, 6.45) is 1.07. The van der Waals surface area contributed by atoms with Gasteiger partial charge in [0.05, 0.1) is 7.11 Å². The smallest absolute Gasteiger partial charge is 0.123 e. The van der Waals surface area contributed by atoms with E-state index in [1.807, 2.05) is 6.07 Å². The van der Waals surface area contributed by atoms with Crippen molar-refractivity contribution in [2.75, 3.05) is 13.7 Å². The number of nitrogens with one attached hydrogen (secondary N) is 1. The lowest BCUT2D eigenvalue weighted by atomic mass is 9.87. The van der Waals surface area contributed by atoms with E-state index in [1.54, 1.807) is 7.11 Å². The number of rotatable bonds is 2. The molecule has 1 aromatic rings. The van der Waals surface area contributed by atoms with Gasteiger partial charge in [0.2, 0.25) is 0 Å². The predicted octanol–water partition coefficient (Wildman–Crippen LogP) is 3.30. The first kappa shape index (κ1) is 11.9. The highest BCUT2D eigenvalue weighted by atomic mass is 79.9. The number of methoxy groups -OCH3 is 1. The van der Waals surface area contributed by atoms with E-state index in [2.05, 4.69) is 41.2 Å². The van der Waals surface area contributed by atoms with Crippen molar-refractivity contribution in [2.45, 2.75) is 26.3 Å². The lowest BCUT2D eigenvalue weighted by Crippen LogP contribution is -2.33. The standard InChI is InChI=1S/C13H18BrNO/c1-8(2)13-12-9(6-7-15-13)10(14)4-5-11(12)16-3/h4-5,8,13,15H,6-7H2,1-3H3/t13-/m0/s1. The van der Waals surface area contributed by atoms with E-state index in [9.17, 15) is 0 Å². The molecule has 0 saturated heterocycles. The molecular weight excluding hydrogens is 266 g/mol. The van der Waals surface area contributed by atoms with Crippen molar-refractivity contribution in [2.24, 2.45) is 5.92 Å². The van der Waals surface area contributed by atoms with E-state index >= 15 is 0 Å². The second-order valence-electron chi connectivity index (χ2n) is 4.57. The molecule has 16 heavy (non-hydrogen) atoms. The van der Waals surface area contributed by atoms with Gasteiger partial charge in [0, 0.05) is 16.1 Å². The molecule has 1 heterocycles. The molecule has 1 aromatic carbocycles. The maximum Gasteiger partial charge on any atom is 0.123 e. The number of halogens is 1. The zero-order valence-electron chi connectivity index (χ0n) is 10.0. The average Bonchev–Trinajstić information content (AvgIpc) is 2.29. The molecule has 0 amide bonds. The zero-order valence-corrected chi connectivity index (χ0v) is 11.6. The lowest BCUT2D eigenvalue weighted by molar-refractivity contribution is 0.357. The molecule has 88 valence electrons. The molecule has 0 aromatic heterocycles. The number of fused-ring (bicyclic) bond motifs is 1. The van der Waals surface area contributed by atoms with Crippen LogP contribution in [0.2, 0.25) is 0 Å². The Hall–Kier alpha value is -0.540. The third kappa shape index (κ3) is 1.98. The van der Waals surface area contributed by atoms with Crippen LogP contribution < -0.4 is 10.1 Å². The van der Waals surface area contributed by atoms with Crippen LogP contribution in [0.3, 0.4) is 0 Å². The number of ether oxygens (including phenoxy) is 1. The summed E-state index contributed by atoms with van der Waals surface area (Å²) in [6, 6.07) is 4.53. The number of hydrogen-bond acceptors (Lipinski definition) is 2. The first-order chi connectivity index (χ1) is 7.65. The predicted molar refractivity (Wildman–Crippen MR) is 70.0 cm³/mol. The lowest BCUT2D eigenvalue weighted by Gasteiger charge is -2.32. The van der Waals surface area contributed by atoms with Gasteiger partial charge < -0.3 is 10.1 Å². The van der Waals surface area contributed by atoms with Crippen molar-refractivity contribution in [3.05, 3.63) is 27.7 Å². The maximum atomic E-state index is 5.49. The van der Waals surface area contributed by atoms with Gasteiger partial charge in [0.25, 0.3) is 0 Å². The molecule has 1 aliphatic rings. The van der Waals surface area contributed by atoms with Gasteiger partial charge in [0.1, 0.15) is 5.75 Å². The Bertz CT molecular complexity index is 390. The molecule has 1 atom stereocenters. The SMILES string of the molecule is COc1ccc(Br)c2c1[C@H](C(C)C)NCC2. The summed E-state index contributed by atoms with van der Waals surface area (Å²) in [5.74, 6) is 1.58. The van der Waals surface area contributed by atoms with Crippen molar-refractivity contribution in [3.8, 4) is 5.75 Å². The first-order valence-electron chi connectivity index (χ1n) is 5.73. The van der Waals surface area contributed by atoms with E-state index in [0.29, 0.717) is 12.0 Å². The Balaban J connectivity index is 2.55. The third-order valence-corrected chi connectivity index (χ3v) is 3.94. The molecule has 2 nitrogen and oxygen atoms in total. The molecule has 0 radical (unpaired) electrons. The van der Waals surface area contributed by atoms with E-state index in [4.69, 9.17) is 4.74 Å². The van der Waals surface area contributed by atoms with Crippen LogP contribution in [-0.2, 0) is 6.42 Å². The fraction of sp³-hybridized carbons (Fsp3) is 0.538. The van der Waals surface area contributed by atoms with Gasteiger partial charge in [-0.05, 0) is 36.6 Å². The van der Waals surface area contributed by atoms with E-state index in [-0.39, 0.29) is 0 Å². The van der Waals surface area contributed by atoms with Crippen LogP contribution in [0, 0.1) is 5.92 Å². The maximum absolute atomic E-state index is 5.49. The zero-order chi connectivity index (χ0) is 11.7. The number of benzene rings is 1. The average molecular weight is 284 g/mol. The van der Waals surface area contributed by atoms with Crippen molar-refractivity contribution >= 4 is 15.9 Å². The van der Waals surface area contributed by atoms with Gasteiger partial charge in [-0.1, -0.05) is 29.8 Å². The van der Waals surface area contributed by atoms with Gasteiger partial charge in [0.15, 0.2) is 0 Å². The molecule has 1 N–H and O–H groups in total. The molecular formula is C13H18BrNO. The Labute approximate surface area is 106 Å². The molecule has 0 fully saturated rings. The Morgan fingerprint density at radius 2 is 2.19 bits per heavy atom. The second kappa shape index (κ2) is 4.76. The highest BCUT2D eigenvalue weighted by Gasteiger charge is 2.27. The summed E-state index contributed by atoms with van der Waals surface area (Å²) in [4.78, 5) is 0. The fourth-order valence-corrected chi connectivity index (χ4v) is 2.96. The minimum Gasteiger partial charge on any atom is -0.496 e. The summed E-state index contributed by atoms with van der Waals surface area (Å²) in [6.45, 7) is 5.53. The monoisotopic (exact) mass is 283 g/mol. The molecule has 0 saturated carbocycles. The normalized spacial score (nSPS) is 19.7. The summed E-state index contributed by atoms with van der Waals surface area (Å²) in [5.41, 5.74) is 2.73. The van der Waals surface area contributed by atoms with Crippen molar-refractivity contribution < 1.29 is 4.74 Å². The van der Waals surface area contributed by atoms with Gasteiger partial charge >= 0.3 is 0 Å². The van der Waals surface area contributed by atoms with E-state index in [0.717, 1.165) is 18.7 Å². The Kier molecular flexibility index (Phi) is 3.55. The summed E-state index contributed by atoms with van der Waals surface area (Å²) < 4.78 is 6.69. The highest BCUT2D eigenvalue weighted by Crippen LogP contribution is 2.39. The second-order valence-corrected chi connectivity index (χ2v) is 5.42. The molecule has 3 heteroatoms. The number of hydrogen-bond donors (Lipinski definition) is 1. The molecule has 0 spiro atoms.